The van der Waals surface area contributed by atoms with Gasteiger partial charge in [0.05, 0.1) is 5.56 Å². The molecule has 1 amide bonds. The highest BCUT2D eigenvalue weighted by Gasteiger charge is 2.13. The smallest absolute Gasteiger partial charge is 0.260 e. The Kier molecular flexibility index (Phi) is 4.68. The quantitative estimate of drug-likeness (QED) is 0.900. The largest absolute Gasteiger partial charge is 0.370 e. The second-order valence-corrected chi connectivity index (χ2v) is 5.11. The molecule has 0 aliphatic rings. The van der Waals surface area contributed by atoms with Crippen molar-refractivity contribution >= 4 is 33.5 Å². The van der Waals surface area contributed by atoms with Gasteiger partial charge in [-0.3, -0.25) is 4.79 Å². The van der Waals surface area contributed by atoms with Crippen LogP contribution in [0.5, 0.6) is 0 Å². The lowest BCUT2D eigenvalue weighted by Crippen LogP contribution is -2.16. The normalized spacial score (nSPS) is 10.2. The van der Waals surface area contributed by atoms with E-state index in [2.05, 4.69) is 36.5 Å². The first-order valence-corrected chi connectivity index (χ1v) is 7.04. The SMILES string of the molecule is CCNc1ncc(Br)cc1C(=O)Nc1cccc(C)n1. The van der Waals surface area contributed by atoms with E-state index in [1.54, 1.807) is 18.3 Å². The number of carbonyl (C=O) groups is 1. The number of aromatic nitrogens is 2. The second kappa shape index (κ2) is 6.47. The van der Waals surface area contributed by atoms with Crippen LogP contribution in [0.2, 0.25) is 0 Å². The topological polar surface area (TPSA) is 66.9 Å². The summed E-state index contributed by atoms with van der Waals surface area (Å²) in [5.41, 5.74) is 1.33. The lowest BCUT2D eigenvalue weighted by Gasteiger charge is -2.10. The minimum Gasteiger partial charge on any atom is -0.370 e. The summed E-state index contributed by atoms with van der Waals surface area (Å²) in [5.74, 6) is 0.839. The number of hydrogen-bond donors (Lipinski definition) is 2. The summed E-state index contributed by atoms with van der Waals surface area (Å²) in [6.45, 7) is 4.52. The standard InChI is InChI=1S/C14H15BrN4O/c1-3-16-13-11(7-10(15)8-17-13)14(20)19-12-6-4-5-9(2)18-12/h4-8H,3H2,1-2H3,(H,16,17)(H,18,19,20). The number of pyridine rings is 2. The zero-order valence-corrected chi connectivity index (χ0v) is 12.9. The molecule has 5 nitrogen and oxygen atoms in total. The Balaban J connectivity index is 2.26. The van der Waals surface area contributed by atoms with Gasteiger partial charge in [-0.05, 0) is 48.0 Å². The van der Waals surface area contributed by atoms with Crippen LogP contribution in [0, 0.1) is 6.92 Å². The van der Waals surface area contributed by atoms with Crippen LogP contribution in [0.25, 0.3) is 0 Å². The van der Waals surface area contributed by atoms with Gasteiger partial charge in [-0.1, -0.05) is 6.07 Å². The van der Waals surface area contributed by atoms with Gasteiger partial charge in [0.2, 0.25) is 0 Å². The number of nitrogens with zero attached hydrogens (tertiary/aromatic N) is 2. The van der Waals surface area contributed by atoms with Crippen molar-refractivity contribution in [1.29, 1.82) is 0 Å². The third-order valence-corrected chi connectivity index (χ3v) is 3.01. The monoisotopic (exact) mass is 334 g/mol. The van der Waals surface area contributed by atoms with Crippen LogP contribution in [0.15, 0.2) is 34.9 Å². The first kappa shape index (κ1) is 14.5. The Labute approximate surface area is 126 Å². The van der Waals surface area contributed by atoms with Crippen molar-refractivity contribution in [2.24, 2.45) is 0 Å². The summed E-state index contributed by atoms with van der Waals surface area (Å²) < 4.78 is 0.751. The van der Waals surface area contributed by atoms with Gasteiger partial charge in [-0.15, -0.1) is 0 Å². The van der Waals surface area contributed by atoms with Crippen LogP contribution >= 0.6 is 15.9 Å². The van der Waals surface area contributed by atoms with Crippen molar-refractivity contribution in [3.05, 3.63) is 46.2 Å². The molecule has 2 N–H and O–H groups in total. The third-order valence-electron chi connectivity index (χ3n) is 2.57. The van der Waals surface area contributed by atoms with E-state index >= 15 is 0 Å². The molecular formula is C14H15BrN4O. The third kappa shape index (κ3) is 3.54. The Morgan fingerprint density at radius 1 is 1.40 bits per heavy atom. The Morgan fingerprint density at radius 3 is 2.90 bits per heavy atom. The van der Waals surface area contributed by atoms with Gasteiger partial charge >= 0.3 is 0 Å². The molecule has 6 heteroatoms. The van der Waals surface area contributed by atoms with E-state index in [-0.39, 0.29) is 5.91 Å². The number of hydrogen-bond acceptors (Lipinski definition) is 4. The Morgan fingerprint density at radius 2 is 2.20 bits per heavy atom. The minimum atomic E-state index is -0.243. The summed E-state index contributed by atoms with van der Waals surface area (Å²) in [5, 5.41) is 5.84. The number of anilines is 2. The molecule has 0 aliphatic heterocycles. The van der Waals surface area contributed by atoms with Crippen molar-refractivity contribution < 1.29 is 4.79 Å². The van der Waals surface area contributed by atoms with Crippen LogP contribution in [-0.2, 0) is 0 Å². The van der Waals surface area contributed by atoms with Crippen molar-refractivity contribution in [3.63, 3.8) is 0 Å². The lowest BCUT2D eigenvalue weighted by molar-refractivity contribution is 0.102. The number of aryl methyl sites for hydroxylation is 1. The van der Waals surface area contributed by atoms with Gasteiger partial charge in [0.25, 0.3) is 5.91 Å². The van der Waals surface area contributed by atoms with Gasteiger partial charge in [0, 0.05) is 22.9 Å². The highest BCUT2D eigenvalue weighted by Crippen LogP contribution is 2.19. The first-order chi connectivity index (χ1) is 9.60. The van der Waals surface area contributed by atoms with Crippen molar-refractivity contribution in [1.82, 2.24) is 9.97 Å². The van der Waals surface area contributed by atoms with Crippen molar-refractivity contribution in [2.75, 3.05) is 17.2 Å². The maximum atomic E-state index is 12.3. The number of rotatable bonds is 4. The maximum Gasteiger partial charge on any atom is 0.260 e. The predicted octanol–water partition coefficient (Wildman–Crippen LogP) is 3.23. The van der Waals surface area contributed by atoms with E-state index in [1.807, 2.05) is 26.0 Å². The summed E-state index contributed by atoms with van der Waals surface area (Å²) >= 11 is 3.33. The van der Waals surface area contributed by atoms with Gasteiger partial charge in [-0.2, -0.15) is 0 Å². The highest BCUT2D eigenvalue weighted by molar-refractivity contribution is 9.10. The van der Waals surface area contributed by atoms with E-state index in [0.29, 0.717) is 23.7 Å². The predicted molar refractivity (Wildman–Crippen MR) is 83.0 cm³/mol. The van der Waals surface area contributed by atoms with Crippen LogP contribution in [-0.4, -0.2) is 22.4 Å². The Bertz CT molecular complexity index is 630. The fourth-order valence-electron chi connectivity index (χ4n) is 1.72. The summed E-state index contributed by atoms with van der Waals surface area (Å²) in [6, 6.07) is 7.21. The van der Waals surface area contributed by atoms with Crippen LogP contribution in [0.1, 0.15) is 23.0 Å². The van der Waals surface area contributed by atoms with Crippen LogP contribution < -0.4 is 10.6 Å². The molecule has 2 rings (SSSR count). The molecule has 0 saturated heterocycles. The van der Waals surface area contributed by atoms with Crippen LogP contribution in [0.4, 0.5) is 11.6 Å². The molecule has 0 radical (unpaired) electrons. The van der Waals surface area contributed by atoms with E-state index in [9.17, 15) is 4.79 Å². The molecule has 0 fully saturated rings. The van der Waals surface area contributed by atoms with Crippen molar-refractivity contribution in [2.45, 2.75) is 13.8 Å². The first-order valence-electron chi connectivity index (χ1n) is 6.24. The van der Waals surface area contributed by atoms with Crippen LogP contribution in [0.3, 0.4) is 0 Å². The molecule has 2 heterocycles. The van der Waals surface area contributed by atoms with Gasteiger partial charge in [0.15, 0.2) is 0 Å². The molecule has 104 valence electrons. The fraction of sp³-hybridized carbons (Fsp3) is 0.214. The van der Waals surface area contributed by atoms with Gasteiger partial charge in [-0.25, -0.2) is 9.97 Å². The molecule has 0 unspecified atom stereocenters. The molecule has 0 atom stereocenters. The Hall–Kier alpha value is -1.95. The summed E-state index contributed by atoms with van der Waals surface area (Å²) in [4.78, 5) is 20.8. The fourth-order valence-corrected chi connectivity index (χ4v) is 2.05. The zero-order valence-electron chi connectivity index (χ0n) is 11.3. The number of halogens is 1. The molecule has 2 aromatic heterocycles. The summed E-state index contributed by atoms with van der Waals surface area (Å²) in [7, 11) is 0. The molecule has 2 aromatic rings. The maximum absolute atomic E-state index is 12.3. The molecular weight excluding hydrogens is 320 g/mol. The van der Waals surface area contributed by atoms with E-state index in [4.69, 9.17) is 0 Å². The molecule has 20 heavy (non-hydrogen) atoms. The molecule has 0 saturated carbocycles. The summed E-state index contributed by atoms with van der Waals surface area (Å²) in [6.07, 6.45) is 1.65. The van der Waals surface area contributed by atoms with E-state index < -0.39 is 0 Å². The molecule has 0 aromatic carbocycles. The minimum absolute atomic E-state index is 0.243. The van der Waals surface area contributed by atoms with Gasteiger partial charge < -0.3 is 10.6 Å². The average Bonchev–Trinajstić information content (AvgIpc) is 2.41. The highest BCUT2D eigenvalue weighted by atomic mass is 79.9. The zero-order chi connectivity index (χ0) is 14.5. The lowest BCUT2D eigenvalue weighted by atomic mass is 10.2. The second-order valence-electron chi connectivity index (χ2n) is 4.20. The average molecular weight is 335 g/mol. The van der Waals surface area contributed by atoms with E-state index in [1.165, 1.54) is 0 Å². The van der Waals surface area contributed by atoms with E-state index in [0.717, 1.165) is 10.2 Å². The molecule has 0 aliphatic carbocycles. The number of amides is 1. The van der Waals surface area contributed by atoms with Crippen molar-refractivity contribution in [3.8, 4) is 0 Å². The van der Waals surface area contributed by atoms with Gasteiger partial charge in [0.1, 0.15) is 11.6 Å². The molecule has 0 spiro atoms. The number of nitrogens with one attached hydrogen (secondary N) is 2. The number of carbonyl (C=O) groups excluding carboxylic acids is 1. The molecule has 0 bridgehead atoms.